The van der Waals surface area contributed by atoms with Crippen LogP contribution in [0.4, 0.5) is 5.69 Å². The third-order valence-electron chi connectivity index (χ3n) is 7.28. The van der Waals surface area contributed by atoms with Crippen molar-refractivity contribution < 1.29 is 9.59 Å². The first kappa shape index (κ1) is 24.7. The first-order valence-corrected chi connectivity index (χ1v) is 12.9. The summed E-state index contributed by atoms with van der Waals surface area (Å²) in [5.74, 6) is 3.03. The molecule has 0 spiro atoms. The number of carbonyl (C=O) groups is 2. The standard InChI is InChI=1S/C26H36ClN5O2/c1-17-21(27)5-4-6-22(17)28-25(33)16-15-24-30-29-23(32(24)20-12-13-20)14-9-18-7-10-19(11-8-18)26(34)31(2)3/h4-6,18-20H,7-16H2,1-3H3,(H,28,33). The normalized spacial score (nSPS) is 20.2. The molecule has 4 rings (SSSR count). The maximum absolute atomic E-state index is 12.6. The molecule has 0 bridgehead atoms. The number of amides is 2. The lowest BCUT2D eigenvalue weighted by atomic mass is 9.79. The van der Waals surface area contributed by atoms with Crippen LogP contribution in [-0.4, -0.2) is 45.6 Å². The molecule has 2 aromatic rings. The molecule has 0 saturated heterocycles. The molecule has 7 nitrogen and oxygen atoms in total. The van der Waals surface area contributed by atoms with E-state index >= 15 is 0 Å². The lowest BCUT2D eigenvalue weighted by molar-refractivity contribution is -0.134. The first-order chi connectivity index (χ1) is 16.3. The van der Waals surface area contributed by atoms with Gasteiger partial charge in [0.15, 0.2) is 0 Å². The number of anilines is 1. The van der Waals surface area contributed by atoms with E-state index in [0.29, 0.717) is 29.8 Å². The highest BCUT2D eigenvalue weighted by Gasteiger charge is 2.31. The van der Waals surface area contributed by atoms with E-state index in [1.807, 2.05) is 39.2 Å². The van der Waals surface area contributed by atoms with Crippen molar-refractivity contribution in [1.29, 1.82) is 0 Å². The molecule has 1 N–H and O–H groups in total. The van der Waals surface area contributed by atoms with Gasteiger partial charge in [-0.25, -0.2) is 0 Å². The van der Waals surface area contributed by atoms with Gasteiger partial charge in [-0.15, -0.1) is 10.2 Å². The summed E-state index contributed by atoms with van der Waals surface area (Å²) in [6.45, 7) is 1.90. The molecule has 0 radical (unpaired) electrons. The predicted octanol–water partition coefficient (Wildman–Crippen LogP) is 4.97. The van der Waals surface area contributed by atoms with Crippen molar-refractivity contribution in [3.05, 3.63) is 40.4 Å². The molecule has 8 heteroatoms. The predicted molar refractivity (Wildman–Crippen MR) is 134 cm³/mol. The van der Waals surface area contributed by atoms with Crippen LogP contribution < -0.4 is 5.32 Å². The number of rotatable bonds is 9. The van der Waals surface area contributed by atoms with Crippen molar-refractivity contribution in [2.45, 2.75) is 77.2 Å². The molecule has 0 aliphatic heterocycles. The molecule has 1 aromatic carbocycles. The lowest BCUT2D eigenvalue weighted by Crippen LogP contribution is -2.32. The summed E-state index contributed by atoms with van der Waals surface area (Å²) in [5.41, 5.74) is 1.63. The van der Waals surface area contributed by atoms with E-state index in [0.717, 1.165) is 74.3 Å². The molecule has 1 aromatic heterocycles. The SMILES string of the molecule is Cc1c(Cl)cccc1NC(=O)CCc1nnc(CCC2CCC(C(=O)N(C)C)CC2)n1C1CC1. The Morgan fingerprint density at radius 3 is 2.38 bits per heavy atom. The average Bonchev–Trinajstić information content (AvgIpc) is 3.58. The fraction of sp³-hybridized carbons (Fsp3) is 0.615. The van der Waals surface area contributed by atoms with Gasteiger partial charge in [0.1, 0.15) is 11.6 Å². The topological polar surface area (TPSA) is 80.1 Å². The van der Waals surface area contributed by atoms with E-state index in [1.54, 1.807) is 4.90 Å². The highest BCUT2D eigenvalue weighted by molar-refractivity contribution is 6.31. The van der Waals surface area contributed by atoms with Gasteiger partial charge in [0, 0.05) is 56.0 Å². The summed E-state index contributed by atoms with van der Waals surface area (Å²) >= 11 is 6.16. The number of nitrogens with zero attached hydrogens (tertiary/aromatic N) is 4. The van der Waals surface area contributed by atoms with E-state index in [1.165, 1.54) is 0 Å². The number of hydrogen-bond acceptors (Lipinski definition) is 4. The van der Waals surface area contributed by atoms with E-state index in [-0.39, 0.29) is 17.7 Å². The maximum Gasteiger partial charge on any atom is 0.225 e. The molecule has 34 heavy (non-hydrogen) atoms. The second-order valence-electron chi connectivity index (χ2n) is 10.1. The van der Waals surface area contributed by atoms with Gasteiger partial charge < -0.3 is 14.8 Å². The van der Waals surface area contributed by atoms with Crippen LogP contribution in [0.1, 0.15) is 74.6 Å². The minimum atomic E-state index is -0.0405. The number of carbonyl (C=O) groups excluding carboxylic acids is 2. The number of halogens is 1. The Morgan fingerprint density at radius 2 is 1.74 bits per heavy atom. The van der Waals surface area contributed by atoms with Gasteiger partial charge in [0.2, 0.25) is 11.8 Å². The summed E-state index contributed by atoms with van der Waals surface area (Å²) in [6, 6.07) is 6.01. The van der Waals surface area contributed by atoms with Crippen LogP contribution in [0.15, 0.2) is 18.2 Å². The number of aromatic nitrogens is 3. The zero-order valence-corrected chi connectivity index (χ0v) is 21.3. The molecule has 184 valence electrons. The number of hydrogen-bond donors (Lipinski definition) is 1. The maximum atomic E-state index is 12.6. The third kappa shape index (κ3) is 5.98. The largest absolute Gasteiger partial charge is 0.349 e. The first-order valence-electron chi connectivity index (χ1n) is 12.5. The van der Waals surface area contributed by atoms with Crippen LogP contribution >= 0.6 is 11.6 Å². The molecule has 0 atom stereocenters. The second kappa shape index (κ2) is 10.9. The van der Waals surface area contributed by atoms with Gasteiger partial charge in [-0.1, -0.05) is 17.7 Å². The molecule has 2 aliphatic rings. The Hall–Kier alpha value is -2.41. The summed E-state index contributed by atoms with van der Waals surface area (Å²) in [5, 5.41) is 12.6. The molecule has 2 aliphatic carbocycles. The zero-order valence-electron chi connectivity index (χ0n) is 20.5. The Morgan fingerprint density at radius 1 is 1.06 bits per heavy atom. The summed E-state index contributed by atoms with van der Waals surface area (Å²) < 4.78 is 2.29. The van der Waals surface area contributed by atoms with Crippen LogP contribution in [0.25, 0.3) is 0 Å². The minimum Gasteiger partial charge on any atom is -0.349 e. The lowest BCUT2D eigenvalue weighted by Gasteiger charge is -2.29. The zero-order chi connectivity index (χ0) is 24.2. The number of nitrogens with one attached hydrogen (secondary N) is 1. The Kier molecular flexibility index (Phi) is 7.91. The van der Waals surface area contributed by atoms with Crippen LogP contribution in [0.5, 0.6) is 0 Å². The Balaban J connectivity index is 1.30. The van der Waals surface area contributed by atoms with E-state index in [9.17, 15) is 9.59 Å². The molecule has 2 fully saturated rings. The second-order valence-corrected chi connectivity index (χ2v) is 10.5. The van der Waals surface area contributed by atoms with Crippen molar-refractivity contribution in [2.75, 3.05) is 19.4 Å². The van der Waals surface area contributed by atoms with Gasteiger partial charge in [0.25, 0.3) is 0 Å². The fourth-order valence-corrected chi connectivity index (χ4v) is 5.21. The minimum absolute atomic E-state index is 0.0405. The van der Waals surface area contributed by atoms with Crippen LogP contribution in [-0.2, 0) is 22.4 Å². The molecule has 2 amide bonds. The third-order valence-corrected chi connectivity index (χ3v) is 7.69. The van der Waals surface area contributed by atoms with Crippen molar-refractivity contribution in [1.82, 2.24) is 19.7 Å². The highest BCUT2D eigenvalue weighted by Crippen LogP contribution is 2.38. The summed E-state index contributed by atoms with van der Waals surface area (Å²) in [4.78, 5) is 26.5. The molecule has 0 unspecified atom stereocenters. The fourth-order valence-electron chi connectivity index (χ4n) is 5.03. The van der Waals surface area contributed by atoms with Crippen LogP contribution in [0, 0.1) is 18.8 Å². The quantitative estimate of drug-likeness (QED) is 0.543. The summed E-state index contributed by atoms with van der Waals surface area (Å²) in [6.07, 6.45) is 9.44. The molecular weight excluding hydrogens is 450 g/mol. The molecule has 1 heterocycles. The van der Waals surface area contributed by atoms with E-state index in [4.69, 9.17) is 11.6 Å². The smallest absolute Gasteiger partial charge is 0.225 e. The Labute approximate surface area is 207 Å². The number of benzene rings is 1. The molecular formula is C26H36ClN5O2. The van der Waals surface area contributed by atoms with Crippen molar-refractivity contribution in [3.63, 3.8) is 0 Å². The van der Waals surface area contributed by atoms with E-state index in [2.05, 4.69) is 20.1 Å². The number of aryl methyl sites for hydroxylation is 2. The van der Waals surface area contributed by atoms with E-state index < -0.39 is 0 Å². The monoisotopic (exact) mass is 485 g/mol. The molecule has 2 saturated carbocycles. The van der Waals surface area contributed by atoms with Gasteiger partial charge in [-0.05, 0) is 75.5 Å². The Bertz CT molecular complexity index is 1020. The van der Waals surface area contributed by atoms with Gasteiger partial charge in [-0.2, -0.15) is 0 Å². The highest BCUT2D eigenvalue weighted by atomic mass is 35.5. The summed E-state index contributed by atoms with van der Waals surface area (Å²) in [7, 11) is 3.69. The van der Waals surface area contributed by atoms with Crippen LogP contribution in [0.2, 0.25) is 5.02 Å². The van der Waals surface area contributed by atoms with Crippen molar-refractivity contribution in [2.24, 2.45) is 11.8 Å². The van der Waals surface area contributed by atoms with Crippen molar-refractivity contribution >= 4 is 29.1 Å². The van der Waals surface area contributed by atoms with Gasteiger partial charge in [0.05, 0.1) is 0 Å². The average molecular weight is 486 g/mol. The van der Waals surface area contributed by atoms with Crippen LogP contribution in [0.3, 0.4) is 0 Å². The van der Waals surface area contributed by atoms with Crippen molar-refractivity contribution in [3.8, 4) is 0 Å². The van der Waals surface area contributed by atoms with Gasteiger partial charge >= 0.3 is 0 Å². The van der Waals surface area contributed by atoms with Gasteiger partial charge in [-0.3, -0.25) is 9.59 Å².